The van der Waals surface area contributed by atoms with Gasteiger partial charge in [-0.2, -0.15) is 0 Å². The Bertz CT molecular complexity index is 418. The number of alkyl halides is 1. The second-order valence-corrected chi connectivity index (χ2v) is 7.61. The highest BCUT2D eigenvalue weighted by atomic mass is 19.1. The first kappa shape index (κ1) is 21.4. The van der Waals surface area contributed by atoms with E-state index in [1.165, 1.54) is 0 Å². The quantitative estimate of drug-likeness (QED) is 0.691. The van der Waals surface area contributed by atoms with Crippen molar-refractivity contribution in [3.63, 3.8) is 0 Å². The fourth-order valence-electron chi connectivity index (χ4n) is 2.50. The number of carbonyl (C=O) groups is 2. The molecular weight excluding hydrogens is 305 g/mol. The molecule has 0 aromatic carbocycles. The number of hydrogen-bond acceptors (Lipinski definition) is 3. The average molecular weight is 335 g/mol. The van der Waals surface area contributed by atoms with Gasteiger partial charge >= 0.3 is 12.2 Å². The van der Waals surface area contributed by atoms with E-state index in [-0.39, 0.29) is 19.5 Å². The summed E-state index contributed by atoms with van der Waals surface area (Å²) in [5, 5.41) is 18.6. The highest BCUT2D eigenvalue weighted by Gasteiger charge is 2.35. The first-order valence-corrected chi connectivity index (χ1v) is 7.58. The molecule has 2 atom stereocenters. The zero-order valence-corrected chi connectivity index (χ0v) is 14.8. The van der Waals surface area contributed by atoms with Gasteiger partial charge in [-0.25, -0.2) is 14.0 Å². The van der Waals surface area contributed by atoms with Crippen molar-refractivity contribution in [1.82, 2.24) is 9.80 Å². The summed E-state index contributed by atoms with van der Waals surface area (Å²) in [7, 11) is 0. The molecule has 0 heterocycles. The second kappa shape index (κ2) is 7.81. The highest BCUT2D eigenvalue weighted by Crippen LogP contribution is 2.22. The van der Waals surface area contributed by atoms with Crippen LogP contribution in [-0.2, 0) is 0 Å². The van der Waals surface area contributed by atoms with E-state index in [0.717, 1.165) is 9.80 Å². The zero-order chi connectivity index (χ0) is 18.6. The second-order valence-electron chi connectivity index (χ2n) is 7.61. The molecule has 0 saturated carbocycles. The van der Waals surface area contributed by atoms with Crippen LogP contribution in [-0.4, -0.2) is 68.6 Å². The van der Waals surface area contributed by atoms with Gasteiger partial charge in [0.2, 0.25) is 0 Å². The molecule has 0 saturated heterocycles. The fourth-order valence-corrected chi connectivity index (χ4v) is 2.50. The van der Waals surface area contributed by atoms with Crippen LogP contribution >= 0.6 is 0 Å². The fraction of sp³-hybridized carbons (Fsp3) is 0.867. The Morgan fingerprint density at radius 3 is 1.78 bits per heavy atom. The SMILES string of the molecule is CC(C)(C)N(C[C@@H](F)C[C@@H](CN)N(C(=O)O)C(C)(C)C)C(=O)O. The normalized spacial score (nSPS) is 15.0. The van der Waals surface area contributed by atoms with Crippen LogP contribution in [0.4, 0.5) is 14.0 Å². The molecule has 7 nitrogen and oxygen atoms in total. The molecule has 0 radical (unpaired) electrons. The summed E-state index contributed by atoms with van der Waals surface area (Å²) >= 11 is 0. The largest absolute Gasteiger partial charge is 0.465 e. The van der Waals surface area contributed by atoms with Gasteiger partial charge in [0.25, 0.3) is 0 Å². The van der Waals surface area contributed by atoms with Crippen molar-refractivity contribution < 1.29 is 24.2 Å². The van der Waals surface area contributed by atoms with Gasteiger partial charge in [0.05, 0.1) is 12.6 Å². The summed E-state index contributed by atoms with van der Waals surface area (Å²) < 4.78 is 14.4. The van der Waals surface area contributed by atoms with E-state index in [1.807, 2.05) is 0 Å². The van der Waals surface area contributed by atoms with Crippen LogP contribution in [0.1, 0.15) is 48.0 Å². The van der Waals surface area contributed by atoms with Gasteiger partial charge in [-0.15, -0.1) is 0 Å². The highest BCUT2D eigenvalue weighted by molar-refractivity contribution is 5.67. The number of halogens is 1. The van der Waals surface area contributed by atoms with Crippen LogP contribution in [0.3, 0.4) is 0 Å². The first-order chi connectivity index (χ1) is 10.2. The Kier molecular flexibility index (Phi) is 7.27. The summed E-state index contributed by atoms with van der Waals surface area (Å²) in [6.45, 7) is 9.77. The average Bonchev–Trinajstić information content (AvgIpc) is 2.30. The van der Waals surface area contributed by atoms with Gasteiger partial charge in [-0.1, -0.05) is 0 Å². The molecule has 136 valence electrons. The van der Waals surface area contributed by atoms with Gasteiger partial charge in [0.1, 0.15) is 6.17 Å². The number of nitrogens with two attached hydrogens (primary N) is 1. The topological polar surface area (TPSA) is 107 Å². The maximum atomic E-state index is 14.4. The molecule has 0 rings (SSSR count). The standard InChI is InChI=1S/C15H30FN3O4/c1-14(2,3)18(12(20)21)9-10(16)7-11(8-17)19(13(22)23)15(4,5)6/h10-11H,7-9,17H2,1-6H3,(H,20,21)(H,22,23)/t10-,11-/m0/s1. The minimum Gasteiger partial charge on any atom is -0.465 e. The lowest BCUT2D eigenvalue weighted by molar-refractivity contribution is 0.0459. The van der Waals surface area contributed by atoms with Crippen LogP contribution < -0.4 is 5.73 Å². The molecule has 0 aliphatic heterocycles. The lowest BCUT2D eigenvalue weighted by Crippen LogP contribution is -2.55. The predicted molar refractivity (Wildman–Crippen MR) is 86.5 cm³/mol. The third-order valence-electron chi connectivity index (χ3n) is 3.52. The molecule has 0 unspecified atom stereocenters. The van der Waals surface area contributed by atoms with Gasteiger partial charge in [-0.3, -0.25) is 4.90 Å². The van der Waals surface area contributed by atoms with Crippen molar-refractivity contribution >= 4 is 12.2 Å². The molecule has 8 heteroatoms. The van der Waals surface area contributed by atoms with E-state index in [0.29, 0.717) is 0 Å². The van der Waals surface area contributed by atoms with Crippen LogP contribution in [0.25, 0.3) is 0 Å². The van der Waals surface area contributed by atoms with Gasteiger partial charge in [0.15, 0.2) is 0 Å². The van der Waals surface area contributed by atoms with Gasteiger partial charge < -0.3 is 20.8 Å². The van der Waals surface area contributed by atoms with Crippen LogP contribution in [0.2, 0.25) is 0 Å². The molecule has 0 aromatic heterocycles. The summed E-state index contributed by atoms with van der Waals surface area (Å²) in [4.78, 5) is 24.9. The number of hydrogen-bond donors (Lipinski definition) is 3. The molecule has 4 N–H and O–H groups in total. The number of rotatable bonds is 6. The molecule has 0 aromatic rings. The van der Waals surface area contributed by atoms with Gasteiger partial charge in [-0.05, 0) is 41.5 Å². The molecule has 0 aliphatic carbocycles. The summed E-state index contributed by atoms with van der Waals surface area (Å²) in [6, 6.07) is -0.724. The lowest BCUT2D eigenvalue weighted by Gasteiger charge is -2.40. The number of nitrogens with zero attached hydrogens (tertiary/aromatic N) is 2. The van der Waals surface area contributed by atoms with E-state index in [9.17, 15) is 24.2 Å². The predicted octanol–water partition coefficient (Wildman–Crippen LogP) is 2.60. The number of amides is 2. The van der Waals surface area contributed by atoms with Crippen molar-refractivity contribution in [3.05, 3.63) is 0 Å². The third-order valence-corrected chi connectivity index (χ3v) is 3.52. The van der Waals surface area contributed by atoms with Crippen molar-refractivity contribution in [2.75, 3.05) is 13.1 Å². The smallest absolute Gasteiger partial charge is 0.408 e. The molecule has 2 amide bonds. The zero-order valence-electron chi connectivity index (χ0n) is 14.8. The number of carboxylic acid groups (broad SMARTS) is 2. The van der Waals surface area contributed by atoms with Crippen LogP contribution in [0.15, 0.2) is 0 Å². The molecular formula is C15H30FN3O4. The van der Waals surface area contributed by atoms with Crippen LogP contribution in [0, 0.1) is 0 Å². The van der Waals surface area contributed by atoms with E-state index in [1.54, 1.807) is 41.5 Å². The minimum absolute atomic E-state index is 0.0351. The lowest BCUT2D eigenvalue weighted by atomic mass is 9.99. The summed E-state index contributed by atoms with van der Waals surface area (Å²) in [5.74, 6) is 0. The summed E-state index contributed by atoms with van der Waals surface area (Å²) in [5.41, 5.74) is 4.16. The molecule has 0 fully saturated rings. The van der Waals surface area contributed by atoms with Crippen molar-refractivity contribution in [2.24, 2.45) is 5.73 Å². The first-order valence-electron chi connectivity index (χ1n) is 7.58. The minimum atomic E-state index is -1.51. The van der Waals surface area contributed by atoms with Gasteiger partial charge in [0, 0.05) is 24.0 Å². The third kappa shape index (κ3) is 6.60. The Morgan fingerprint density at radius 2 is 1.52 bits per heavy atom. The Morgan fingerprint density at radius 1 is 1.04 bits per heavy atom. The Labute approximate surface area is 137 Å². The van der Waals surface area contributed by atoms with Crippen molar-refractivity contribution in [2.45, 2.75) is 71.3 Å². The molecule has 23 heavy (non-hydrogen) atoms. The van der Waals surface area contributed by atoms with E-state index in [4.69, 9.17) is 5.73 Å². The monoisotopic (exact) mass is 335 g/mol. The Hall–Kier alpha value is -1.57. The maximum absolute atomic E-state index is 14.4. The summed E-state index contributed by atoms with van der Waals surface area (Å²) in [6.07, 6.45) is -4.05. The van der Waals surface area contributed by atoms with E-state index >= 15 is 0 Å². The maximum Gasteiger partial charge on any atom is 0.408 e. The Balaban J connectivity index is 5.12. The van der Waals surface area contributed by atoms with E-state index < -0.39 is 35.5 Å². The van der Waals surface area contributed by atoms with E-state index in [2.05, 4.69) is 0 Å². The van der Waals surface area contributed by atoms with Crippen molar-refractivity contribution in [3.8, 4) is 0 Å². The molecule has 0 spiro atoms. The molecule has 0 bridgehead atoms. The van der Waals surface area contributed by atoms with Crippen molar-refractivity contribution in [1.29, 1.82) is 0 Å². The van der Waals surface area contributed by atoms with Crippen LogP contribution in [0.5, 0.6) is 0 Å². The molecule has 0 aliphatic rings.